The number of fused-ring (bicyclic) bond motifs is 1. The summed E-state index contributed by atoms with van der Waals surface area (Å²) in [6.07, 6.45) is 1.78. The zero-order valence-electron chi connectivity index (χ0n) is 17.1. The largest absolute Gasteiger partial charge is 0.496 e. The van der Waals surface area contributed by atoms with Crippen LogP contribution in [0.25, 0.3) is 0 Å². The van der Waals surface area contributed by atoms with Crippen molar-refractivity contribution >= 4 is 27.6 Å². The number of piperidine rings is 1. The first-order chi connectivity index (χ1) is 14.9. The number of amidine groups is 1. The van der Waals surface area contributed by atoms with Crippen LogP contribution in [-0.2, 0) is 10.2 Å². The van der Waals surface area contributed by atoms with Crippen LogP contribution in [0, 0.1) is 5.92 Å². The van der Waals surface area contributed by atoms with Crippen LogP contribution < -0.4 is 19.9 Å². The smallest absolute Gasteiger partial charge is 0.344 e. The van der Waals surface area contributed by atoms with Gasteiger partial charge in [0.2, 0.25) is 0 Å². The van der Waals surface area contributed by atoms with Crippen LogP contribution in [0.5, 0.6) is 11.5 Å². The molecule has 2 aromatic rings. The maximum atomic E-state index is 13.0. The van der Waals surface area contributed by atoms with Gasteiger partial charge in [0.15, 0.2) is 5.84 Å². The van der Waals surface area contributed by atoms with Crippen LogP contribution >= 0.6 is 0 Å². The van der Waals surface area contributed by atoms with Crippen LogP contribution in [-0.4, -0.2) is 51.9 Å². The lowest BCUT2D eigenvalue weighted by atomic mass is 9.98. The first-order valence-corrected chi connectivity index (χ1v) is 11.4. The van der Waals surface area contributed by atoms with Crippen molar-refractivity contribution in [2.24, 2.45) is 16.0 Å². The third-order valence-electron chi connectivity index (χ3n) is 5.36. The minimum absolute atomic E-state index is 0.0648. The Bertz CT molecular complexity index is 1130. The molecule has 2 aromatic carbocycles. The molecule has 0 spiro atoms. The average molecular weight is 445 g/mol. The van der Waals surface area contributed by atoms with Gasteiger partial charge in [-0.2, -0.15) is 8.42 Å². The number of hydrogen-bond acceptors (Lipinski definition) is 6. The number of carbonyl (C=O) groups is 1. The normalized spacial score (nSPS) is 19.6. The molecule has 31 heavy (non-hydrogen) atoms. The number of carbonyl (C=O) groups excluding carboxylic acids is 1. The molecule has 164 valence electrons. The van der Waals surface area contributed by atoms with Gasteiger partial charge in [-0.05, 0) is 37.1 Å². The van der Waals surface area contributed by atoms with Gasteiger partial charge in [-0.1, -0.05) is 18.2 Å². The van der Waals surface area contributed by atoms with E-state index in [-0.39, 0.29) is 17.7 Å². The lowest BCUT2D eigenvalue weighted by Crippen LogP contribution is -2.41. The van der Waals surface area contributed by atoms with Crippen molar-refractivity contribution in [3.63, 3.8) is 0 Å². The maximum absolute atomic E-state index is 13.0. The molecule has 2 aliphatic heterocycles. The van der Waals surface area contributed by atoms with E-state index in [4.69, 9.17) is 15.2 Å². The topological polar surface area (TPSA) is 123 Å². The molecule has 1 atom stereocenters. The molecular weight excluding hydrogens is 420 g/mol. The number of methoxy groups -OCH3 is 1. The molecule has 0 radical (unpaired) electrons. The van der Waals surface area contributed by atoms with Gasteiger partial charge >= 0.3 is 10.2 Å². The molecule has 0 bridgehead atoms. The molecule has 2 aliphatic rings. The number of nitrogens with one attached hydrogen (secondary N) is 1. The summed E-state index contributed by atoms with van der Waals surface area (Å²) in [6.45, 7) is 1.60. The van der Waals surface area contributed by atoms with Gasteiger partial charge in [0.05, 0.1) is 30.5 Å². The van der Waals surface area contributed by atoms with Crippen molar-refractivity contribution in [3.05, 3.63) is 53.6 Å². The van der Waals surface area contributed by atoms with Gasteiger partial charge in [-0.3, -0.25) is 9.52 Å². The summed E-state index contributed by atoms with van der Waals surface area (Å²) in [6, 6.07) is 12.2. The third-order valence-corrected chi connectivity index (χ3v) is 6.27. The summed E-state index contributed by atoms with van der Waals surface area (Å²) in [7, 11) is -2.29. The minimum atomic E-state index is -3.84. The molecule has 0 unspecified atom stereocenters. The fourth-order valence-electron chi connectivity index (χ4n) is 3.92. The third kappa shape index (κ3) is 4.43. The second-order valence-electron chi connectivity index (χ2n) is 7.50. The first-order valence-electron chi connectivity index (χ1n) is 9.94. The number of anilines is 1. The Morgan fingerprint density at radius 2 is 2.00 bits per heavy atom. The molecule has 1 fully saturated rings. The molecule has 0 aliphatic carbocycles. The second-order valence-corrected chi connectivity index (χ2v) is 8.84. The number of rotatable bonds is 5. The van der Waals surface area contributed by atoms with Crippen molar-refractivity contribution in [1.29, 1.82) is 0 Å². The lowest BCUT2D eigenvalue weighted by molar-refractivity contribution is 0.0630. The monoisotopic (exact) mass is 444 g/mol. The predicted molar refractivity (Wildman–Crippen MR) is 117 cm³/mol. The van der Waals surface area contributed by atoms with Gasteiger partial charge in [-0.15, -0.1) is 4.40 Å². The molecule has 4 rings (SSSR count). The van der Waals surface area contributed by atoms with E-state index in [0.717, 1.165) is 12.8 Å². The number of benzene rings is 2. The van der Waals surface area contributed by atoms with E-state index in [1.807, 2.05) is 17.0 Å². The van der Waals surface area contributed by atoms with Crippen molar-refractivity contribution in [2.75, 3.05) is 31.5 Å². The summed E-state index contributed by atoms with van der Waals surface area (Å²) in [5, 5.41) is 0. The molecule has 0 saturated carbocycles. The molecule has 2 heterocycles. The van der Waals surface area contributed by atoms with Gasteiger partial charge in [0.1, 0.15) is 11.5 Å². The SMILES string of the molecule is COc1ccccc1C(=O)N1CCC[C@H](COc2cccc3c2C(N)=NS(=O)(=O)N3)C1. The predicted octanol–water partition coefficient (Wildman–Crippen LogP) is 2.00. The zero-order valence-corrected chi connectivity index (χ0v) is 17.9. The number of hydrogen-bond donors (Lipinski definition) is 2. The molecule has 0 aromatic heterocycles. The Kier molecular flexibility index (Phi) is 5.73. The maximum Gasteiger partial charge on any atom is 0.344 e. The number of nitrogens with zero attached hydrogens (tertiary/aromatic N) is 2. The zero-order chi connectivity index (χ0) is 22.0. The number of nitrogens with two attached hydrogens (primary N) is 1. The van der Waals surface area contributed by atoms with E-state index >= 15 is 0 Å². The van der Waals surface area contributed by atoms with Crippen LogP contribution in [0.4, 0.5) is 5.69 Å². The molecule has 1 amide bonds. The van der Waals surface area contributed by atoms with Crippen LogP contribution in [0.15, 0.2) is 46.9 Å². The summed E-state index contributed by atoms with van der Waals surface area (Å²) in [4.78, 5) is 14.8. The number of para-hydroxylation sites is 1. The van der Waals surface area contributed by atoms with Crippen LogP contribution in [0.1, 0.15) is 28.8 Å². The highest BCUT2D eigenvalue weighted by Gasteiger charge is 2.28. The summed E-state index contributed by atoms with van der Waals surface area (Å²) in [5.41, 5.74) is 7.17. The molecule has 1 saturated heterocycles. The number of ether oxygens (including phenoxy) is 2. The second kappa shape index (κ2) is 8.46. The Morgan fingerprint density at radius 1 is 1.23 bits per heavy atom. The van der Waals surface area contributed by atoms with E-state index in [1.165, 1.54) is 0 Å². The van der Waals surface area contributed by atoms with E-state index in [0.29, 0.717) is 48.0 Å². The number of likely N-dealkylation sites (tertiary alicyclic amines) is 1. The first kappa shape index (κ1) is 21.0. The van der Waals surface area contributed by atoms with Gasteiger partial charge in [-0.25, -0.2) is 0 Å². The lowest BCUT2D eigenvalue weighted by Gasteiger charge is -2.33. The summed E-state index contributed by atoms with van der Waals surface area (Å²) < 4.78 is 40.7. The minimum Gasteiger partial charge on any atom is -0.496 e. The number of amides is 1. The van der Waals surface area contributed by atoms with Crippen molar-refractivity contribution < 1.29 is 22.7 Å². The highest BCUT2D eigenvalue weighted by molar-refractivity contribution is 7.91. The Morgan fingerprint density at radius 3 is 2.81 bits per heavy atom. The molecule has 9 nitrogen and oxygen atoms in total. The quantitative estimate of drug-likeness (QED) is 0.727. The van der Waals surface area contributed by atoms with Gasteiger partial charge < -0.3 is 20.1 Å². The van der Waals surface area contributed by atoms with Crippen LogP contribution in [0.3, 0.4) is 0 Å². The van der Waals surface area contributed by atoms with Gasteiger partial charge in [0.25, 0.3) is 5.91 Å². The Labute approximate surface area is 181 Å². The standard InChI is InChI=1S/C21H24N4O5S/c1-29-17-9-3-2-7-15(17)21(26)25-11-5-6-14(12-25)13-30-18-10-4-8-16-19(18)20(22)24-31(27,28)23-16/h2-4,7-10,14,23H,5-6,11-13H2,1H3,(H2,22,24)/t14-/m0/s1. The summed E-state index contributed by atoms with van der Waals surface area (Å²) in [5.74, 6) is 0.959. The highest BCUT2D eigenvalue weighted by Crippen LogP contribution is 2.31. The Hall–Kier alpha value is -3.27. The fraction of sp³-hybridized carbons (Fsp3) is 0.333. The molecule has 3 N–H and O–H groups in total. The van der Waals surface area contributed by atoms with Gasteiger partial charge in [0, 0.05) is 19.0 Å². The highest BCUT2D eigenvalue weighted by atomic mass is 32.2. The average Bonchev–Trinajstić information content (AvgIpc) is 2.76. The fourth-order valence-corrected chi connectivity index (χ4v) is 4.77. The van der Waals surface area contributed by atoms with E-state index < -0.39 is 10.2 Å². The molecular formula is C21H24N4O5S. The van der Waals surface area contributed by atoms with E-state index in [1.54, 1.807) is 37.4 Å². The molecule has 10 heteroatoms. The summed E-state index contributed by atoms with van der Waals surface area (Å²) >= 11 is 0. The van der Waals surface area contributed by atoms with E-state index in [2.05, 4.69) is 9.12 Å². The van der Waals surface area contributed by atoms with Crippen LogP contribution in [0.2, 0.25) is 0 Å². The Balaban J connectivity index is 1.45. The van der Waals surface area contributed by atoms with E-state index in [9.17, 15) is 13.2 Å². The van der Waals surface area contributed by atoms with Crippen molar-refractivity contribution in [3.8, 4) is 11.5 Å². The van der Waals surface area contributed by atoms with Crippen molar-refractivity contribution in [1.82, 2.24) is 4.90 Å². The van der Waals surface area contributed by atoms with Crippen molar-refractivity contribution in [2.45, 2.75) is 12.8 Å².